The van der Waals surface area contributed by atoms with Crippen LogP contribution in [0.4, 0.5) is 0 Å². The largest absolute Gasteiger partial charge is 0.369 e. The SMILES string of the molecule is CCCCCCCCCCCCCCCCCC[NH+](C)CCCCCCCCCCCCCCCCCC.[NH4+].c1ccc([B-](c2ccccc2)(c2ccccc2)c2ccccc2)cc1.c1ccc([B-](c2ccccc2)(c2ccccc2)c2ccccc2)cc1. The Labute approximate surface area is 546 Å². The van der Waals surface area contributed by atoms with Crippen molar-refractivity contribution in [3.8, 4) is 0 Å². The molecule has 8 aromatic rings. The summed E-state index contributed by atoms with van der Waals surface area (Å²) in [5, 5.41) is 0. The number of hydrogen-bond donors (Lipinski definition) is 2. The molecule has 8 aromatic carbocycles. The molecule has 0 amide bonds. The zero-order valence-corrected chi connectivity index (χ0v) is 56.8. The van der Waals surface area contributed by atoms with Gasteiger partial charge in [0.2, 0.25) is 0 Å². The van der Waals surface area contributed by atoms with Gasteiger partial charge in [-0.2, -0.15) is 43.7 Å². The van der Waals surface area contributed by atoms with Gasteiger partial charge in [-0.3, -0.25) is 0 Å². The third-order valence-electron chi connectivity index (χ3n) is 19.3. The average Bonchev–Trinajstić information content (AvgIpc) is 0.890. The second kappa shape index (κ2) is 46.8. The zero-order valence-electron chi connectivity index (χ0n) is 56.8. The first kappa shape index (κ1) is 73.5. The quantitative estimate of drug-likeness (QED) is 0.0283. The Morgan fingerprint density at radius 2 is 0.315 bits per heavy atom. The summed E-state index contributed by atoms with van der Waals surface area (Å²) in [7, 11) is 2.43. The first-order valence-corrected chi connectivity index (χ1v) is 36.2. The molecule has 0 saturated heterocycles. The molecule has 0 heterocycles. The molecular weight excluding hydrogens is 1070 g/mol. The predicted octanol–water partition coefficient (Wildman–Crippen LogP) is 18.5. The highest BCUT2D eigenvalue weighted by Crippen LogP contribution is 2.17. The highest BCUT2D eigenvalue weighted by Gasteiger charge is 2.32. The maximum absolute atomic E-state index is 2.43. The lowest BCUT2D eigenvalue weighted by atomic mass is 9.13. The van der Waals surface area contributed by atoms with Crippen molar-refractivity contribution >= 4 is 56.0 Å². The van der Waals surface area contributed by atoms with Crippen LogP contribution in [0.15, 0.2) is 243 Å². The highest BCUT2D eigenvalue weighted by molar-refractivity contribution is 7.20. The third-order valence-corrected chi connectivity index (χ3v) is 19.3. The Bertz CT molecular complexity index is 2310. The van der Waals surface area contributed by atoms with Crippen LogP contribution in [0.25, 0.3) is 0 Å². The third kappa shape index (κ3) is 25.9. The van der Waals surface area contributed by atoms with E-state index >= 15 is 0 Å². The lowest BCUT2D eigenvalue weighted by Crippen LogP contribution is -3.09. The lowest BCUT2D eigenvalue weighted by molar-refractivity contribution is -0.880. The van der Waals surface area contributed by atoms with Crippen LogP contribution >= 0.6 is 0 Å². The van der Waals surface area contributed by atoms with Crippen LogP contribution in [0.1, 0.15) is 219 Å². The van der Waals surface area contributed by atoms with Crippen molar-refractivity contribution in [2.45, 2.75) is 219 Å². The molecule has 5 N–H and O–H groups in total. The van der Waals surface area contributed by atoms with Gasteiger partial charge in [-0.1, -0.05) is 436 Å². The van der Waals surface area contributed by atoms with E-state index < -0.39 is 12.3 Å². The van der Waals surface area contributed by atoms with Crippen LogP contribution < -0.4 is 54.8 Å². The molecule has 8 rings (SSSR count). The van der Waals surface area contributed by atoms with E-state index in [9.17, 15) is 0 Å². The minimum Gasteiger partial charge on any atom is -0.369 e. The number of benzene rings is 8. The smallest absolute Gasteiger partial charge is 0.108 e. The number of quaternary nitrogens is 2. The van der Waals surface area contributed by atoms with Gasteiger partial charge in [-0.15, -0.1) is 0 Å². The summed E-state index contributed by atoms with van der Waals surface area (Å²) in [5.41, 5.74) is 10.7. The van der Waals surface area contributed by atoms with Gasteiger partial charge in [0.1, 0.15) is 12.3 Å². The normalized spacial score (nSPS) is 11.3. The number of rotatable bonds is 42. The van der Waals surface area contributed by atoms with E-state index in [-0.39, 0.29) is 6.15 Å². The summed E-state index contributed by atoms with van der Waals surface area (Å²) >= 11 is 0. The van der Waals surface area contributed by atoms with E-state index in [0.29, 0.717) is 0 Å². The fourth-order valence-electron chi connectivity index (χ4n) is 14.3. The summed E-state index contributed by atoms with van der Waals surface area (Å²) in [6, 6.07) is 87.1. The molecule has 89 heavy (non-hydrogen) atoms. The molecular formula is C85H122B2N2. The Morgan fingerprint density at radius 3 is 0.449 bits per heavy atom. The molecule has 2 nitrogen and oxygen atoms in total. The number of nitrogens with one attached hydrogen (secondary N) is 1. The van der Waals surface area contributed by atoms with E-state index in [1.165, 1.54) is 262 Å². The molecule has 0 atom stereocenters. The van der Waals surface area contributed by atoms with Crippen LogP contribution in [0.3, 0.4) is 0 Å². The van der Waals surface area contributed by atoms with Crippen molar-refractivity contribution in [2.75, 3.05) is 20.1 Å². The molecule has 0 bridgehead atoms. The maximum Gasteiger partial charge on any atom is 0.108 e. The number of unbranched alkanes of at least 4 members (excludes halogenated alkanes) is 30. The van der Waals surface area contributed by atoms with Gasteiger partial charge >= 0.3 is 0 Å². The van der Waals surface area contributed by atoms with Gasteiger partial charge in [0.05, 0.1) is 20.1 Å². The molecule has 0 aromatic heterocycles. The van der Waals surface area contributed by atoms with Crippen LogP contribution in [-0.4, -0.2) is 32.4 Å². The van der Waals surface area contributed by atoms with Crippen molar-refractivity contribution in [1.29, 1.82) is 0 Å². The van der Waals surface area contributed by atoms with Gasteiger partial charge in [-0.05, 0) is 25.7 Å². The van der Waals surface area contributed by atoms with E-state index in [0.717, 1.165) is 0 Å². The molecule has 478 valence electrons. The van der Waals surface area contributed by atoms with E-state index in [2.05, 4.69) is 264 Å². The van der Waals surface area contributed by atoms with Gasteiger partial charge < -0.3 is 11.1 Å². The van der Waals surface area contributed by atoms with E-state index in [1.807, 2.05) is 0 Å². The second-order valence-electron chi connectivity index (χ2n) is 26.1. The standard InChI is InChI=1S/C37H77N.2C24H20B.H3N/c1-4-6-8-10-12-14-16-18-20-22-24-26-28-30-32-34-36-38(3)37-35-33-31-29-27-25-23-21-19-17-15-13-11-9-7-5-2;2*1-5-13-21(14-6-1)25(22-15-7-2-8-16-22,23-17-9-3-10-18-23)24-19-11-4-12-20-24;/h4-37H2,1-3H3;2*1-20H;1H3/q;2*-1;/p+2. The Balaban J connectivity index is 0.000000248. The molecule has 0 fully saturated rings. The average molecular weight is 1190 g/mol. The summed E-state index contributed by atoms with van der Waals surface area (Å²) in [5.74, 6) is 0. The van der Waals surface area contributed by atoms with Gasteiger partial charge in [0.15, 0.2) is 0 Å². The minimum atomic E-state index is -1.22. The van der Waals surface area contributed by atoms with Crippen LogP contribution in [0, 0.1) is 0 Å². The summed E-state index contributed by atoms with van der Waals surface area (Å²) < 4.78 is 0. The molecule has 0 unspecified atom stereocenters. The topological polar surface area (TPSA) is 40.9 Å². The molecule has 0 aliphatic rings. The van der Waals surface area contributed by atoms with Crippen LogP contribution in [-0.2, 0) is 0 Å². The van der Waals surface area contributed by atoms with Crippen molar-refractivity contribution in [2.24, 2.45) is 0 Å². The molecule has 0 spiro atoms. The van der Waals surface area contributed by atoms with Crippen LogP contribution in [0.2, 0.25) is 0 Å². The number of hydrogen-bond acceptors (Lipinski definition) is 0. The Morgan fingerprint density at radius 1 is 0.191 bits per heavy atom. The Kier molecular flexibility index (Phi) is 38.7. The maximum atomic E-state index is 2.43. The first-order chi connectivity index (χ1) is 43.6. The van der Waals surface area contributed by atoms with Crippen molar-refractivity contribution < 1.29 is 4.90 Å². The predicted molar refractivity (Wildman–Crippen MR) is 402 cm³/mol. The van der Waals surface area contributed by atoms with Gasteiger partial charge in [0.25, 0.3) is 0 Å². The zero-order chi connectivity index (χ0) is 61.5. The minimum absolute atomic E-state index is 0. The monoisotopic (exact) mass is 1190 g/mol. The summed E-state index contributed by atoms with van der Waals surface area (Å²) in [4.78, 5) is 1.78. The Hall–Kier alpha value is -6.19. The van der Waals surface area contributed by atoms with Crippen molar-refractivity contribution in [3.05, 3.63) is 243 Å². The molecule has 0 saturated carbocycles. The lowest BCUT2D eigenvalue weighted by Gasteiger charge is -2.44. The van der Waals surface area contributed by atoms with Crippen molar-refractivity contribution in [3.63, 3.8) is 0 Å². The highest BCUT2D eigenvalue weighted by atomic mass is 15.1. The second-order valence-corrected chi connectivity index (χ2v) is 26.1. The fraction of sp³-hybridized carbons (Fsp3) is 0.435. The summed E-state index contributed by atoms with van der Waals surface area (Å²) in [6.45, 7) is 7.42. The summed E-state index contributed by atoms with van der Waals surface area (Å²) in [6.07, 6.45) is 44.6. The van der Waals surface area contributed by atoms with E-state index in [4.69, 9.17) is 0 Å². The molecule has 4 heteroatoms. The van der Waals surface area contributed by atoms with Gasteiger partial charge in [-0.25, -0.2) is 0 Å². The fourth-order valence-corrected chi connectivity index (χ4v) is 14.3. The van der Waals surface area contributed by atoms with Crippen LogP contribution in [0.5, 0.6) is 0 Å². The first-order valence-electron chi connectivity index (χ1n) is 36.2. The molecule has 0 aliphatic carbocycles. The van der Waals surface area contributed by atoms with Gasteiger partial charge in [0, 0.05) is 0 Å². The molecule has 0 aliphatic heterocycles. The molecule has 0 radical (unpaired) electrons. The van der Waals surface area contributed by atoms with E-state index in [1.54, 1.807) is 4.90 Å². The van der Waals surface area contributed by atoms with Crippen molar-refractivity contribution in [1.82, 2.24) is 6.15 Å².